The Balaban J connectivity index is 1.81. The van der Waals surface area contributed by atoms with Crippen molar-refractivity contribution in [2.24, 2.45) is 5.92 Å². The van der Waals surface area contributed by atoms with Gasteiger partial charge in [-0.3, -0.25) is 9.36 Å². The Bertz CT molecular complexity index is 917. The van der Waals surface area contributed by atoms with E-state index in [1.807, 2.05) is 45.9 Å². The molecule has 1 unspecified atom stereocenters. The van der Waals surface area contributed by atoms with Crippen LogP contribution in [0.1, 0.15) is 39.4 Å². The second-order valence-corrected chi connectivity index (χ2v) is 9.09. The van der Waals surface area contributed by atoms with E-state index in [2.05, 4.69) is 20.9 Å². The topological polar surface area (TPSA) is 64.4 Å². The van der Waals surface area contributed by atoms with Crippen molar-refractivity contribution in [3.63, 3.8) is 0 Å². The van der Waals surface area contributed by atoms with Crippen LogP contribution in [0.3, 0.4) is 0 Å². The molecule has 3 rings (SSSR count). The second kappa shape index (κ2) is 7.62. The minimum absolute atomic E-state index is 0.0341. The van der Waals surface area contributed by atoms with E-state index in [1.165, 1.54) is 0 Å². The largest absolute Gasteiger partial charge is 0.444 e. The van der Waals surface area contributed by atoms with Gasteiger partial charge in [-0.15, -0.1) is 0 Å². The van der Waals surface area contributed by atoms with Gasteiger partial charge >= 0.3 is 6.09 Å². The third-order valence-electron chi connectivity index (χ3n) is 4.72. The number of halogens is 1. The van der Waals surface area contributed by atoms with Gasteiger partial charge in [0.05, 0.1) is 10.9 Å². The molecule has 0 N–H and O–H groups in total. The van der Waals surface area contributed by atoms with Gasteiger partial charge < -0.3 is 9.64 Å². The van der Waals surface area contributed by atoms with E-state index >= 15 is 0 Å². The molecule has 0 aliphatic carbocycles. The summed E-state index contributed by atoms with van der Waals surface area (Å²) < 4.78 is 8.09. The highest BCUT2D eigenvalue weighted by atomic mass is 79.9. The summed E-state index contributed by atoms with van der Waals surface area (Å²) in [6.07, 6.45) is 1.60. The Morgan fingerprint density at radius 1 is 1.37 bits per heavy atom. The van der Waals surface area contributed by atoms with Gasteiger partial charge in [-0.1, -0.05) is 15.9 Å². The van der Waals surface area contributed by atoms with Crippen molar-refractivity contribution in [2.45, 2.75) is 52.7 Å². The summed E-state index contributed by atoms with van der Waals surface area (Å²) in [5.74, 6) is 0.901. The zero-order valence-electron chi connectivity index (χ0n) is 16.3. The maximum absolute atomic E-state index is 13.0. The van der Waals surface area contributed by atoms with Crippen molar-refractivity contribution < 1.29 is 9.53 Å². The number of fused-ring (bicyclic) bond motifs is 1. The molecule has 1 aliphatic rings. The van der Waals surface area contributed by atoms with Gasteiger partial charge in [0.1, 0.15) is 11.4 Å². The first-order chi connectivity index (χ1) is 12.6. The first-order valence-corrected chi connectivity index (χ1v) is 10.1. The van der Waals surface area contributed by atoms with E-state index in [-0.39, 0.29) is 17.6 Å². The summed E-state index contributed by atoms with van der Waals surface area (Å²) in [5, 5.41) is 0.606. The third kappa shape index (κ3) is 4.69. The van der Waals surface area contributed by atoms with Crippen LogP contribution in [-0.2, 0) is 11.3 Å². The minimum atomic E-state index is -0.507. The number of rotatable bonds is 2. The molecule has 1 aliphatic heterocycles. The molecule has 7 heteroatoms. The van der Waals surface area contributed by atoms with Crippen LogP contribution in [-0.4, -0.2) is 39.2 Å². The number of carbonyl (C=O) groups excluding carboxylic acids is 1. The summed E-state index contributed by atoms with van der Waals surface area (Å²) in [4.78, 5) is 31.7. The van der Waals surface area contributed by atoms with Crippen LogP contribution < -0.4 is 5.56 Å². The molecule has 2 heterocycles. The van der Waals surface area contributed by atoms with Crippen molar-refractivity contribution in [1.29, 1.82) is 0 Å². The molecule has 1 fully saturated rings. The molecule has 0 saturated carbocycles. The van der Waals surface area contributed by atoms with Crippen LogP contribution in [0.15, 0.2) is 27.5 Å². The van der Waals surface area contributed by atoms with E-state index in [1.54, 1.807) is 9.47 Å². The van der Waals surface area contributed by atoms with Crippen LogP contribution >= 0.6 is 15.9 Å². The van der Waals surface area contributed by atoms with Gasteiger partial charge in [-0.2, -0.15) is 0 Å². The number of carbonyl (C=O) groups is 1. The zero-order chi connectivity index (χ0) is 19.8. The normalized spacial score (nSPS) is 18.0. The maximum Gasteiger partial charge on any atom is 0.410 e. The molecule has 2 aromatic rings. The van der Waals surface area contributed by atoms with Gasteiger partial charge in [0.25, 0.3) is 5.56 Å². The fourth-order valence-electron chi connectivity index (χ4n) is 3.48. The lowest BCUT2D eigenvalue weighted by molar-refractivity contribution is 0.0156. The lowest BCUT2D eigenvalue weighted by Crippen LogP contribution is -2.44. The van der Waals surface area contributed by atoms with E-state index < -0.39 is 5.60 Å². The van der Waals surface area contributed by atoms with Crippen molar-refractivity contribution >= 4 is 32.9 Å². The fourth-order valence-corrected chi connectivity index (χ4v) is 3.84. The average Bonchev–Trinajstić information content (AvgIpc) is 2.58. The number of benzene rings is 1. The number of aromatic nitrogens is 2. The molecule has 1 atom stereocenters. The molecule has 1 saturated heterocycles. The molecule has 27 heavy (non-hydrogen) atoms. The molecule has 146 valence electrons. The van der Waals surface area contributed by atoms with Gasteiger partial charge in [-0.05, 0) is 64.7 Å². The van der Waals surface area contributed by atoms with Crippen LogP contribution in [0.4, 0.5) is 4.79 Å². The van der Waals surface area contributed by atoms with E-state index in [0.717, 1.165) is 17.3 Å². The summed E-state index contributed by atoms with van der Waals surface area (Å²) >= 11 is 3.42. The number of nitrogens with zero attached hydrogens (tertiary/aromatic N) is 3. The fraction of sp³-hybridized carbons (Fsp3) is 0.550. The number of piperidine rings is 1. The summed E-state index contributed by atoms with van der Waals surface area (Å²) in [7, 11) is 0. The lowest BCUT2D eigenvalue weighted by Gasteiger charge is -2.34. The number of hydrogen-bond acceptors (Lipinski definition) is 4. The van der Waals surface area contributed by atoms with Gasteiger partial charge in [0.2, 0.25) is 0 Å². The number of amides is 1. The molecule has 6 nitrogen and oxygen atoms in total. The van der Waals surface area contributed by atoms with E-state index in [9.17, 15) is 9.59 Å². The molecule has 0 radical (unpaired) electrons. The van der Waals surface area contributed by atoms with Gasteiger partial charge in [-0.25, -0.2) is 9.78 Å². The maximum atomic E-state index is 13.0. The van der Waals surface area contributed by atoms with Crippen LogP contribution in [0.2, 0.25) is 0 Å². The highest BCUT2D eigenvalue weighted by Gasteiger charge is 2.28. The molecule has 1 aromatic heterocycles. The van der Waals surface area contributed by atoms with Crippen LogP contribution in [0.5, 0.6) is 0 Å². The molecule has 1 aromatic carbocycles. The lowest BCUT2D eigenvalue weighted by atomic mass is 9.98. The van der Waals surface area contributed by atoms with Gasteiger partial charge in [0, 0.05) is 24.1 Å². The first-order valence-electron chi connectivity index (χ1n) is 9.28. The Kier molecular flexibility index (Phi) is 5.60. The Morgan fingerprint density at radius 2 is 2.11 bits per heavy atom. The Morgan fingerprint density at radius 3 is 2.81 bits per heavy atom. The standard InChI is InChI=1S/C20H26BrN3O3/c1-13-22-17-8-7-15(21)10-16(17)18(25)24(13)12-14-6-5-9-23(11-14)19(26)27-20(2,3)4/h7-8,10,14H,5-6,9,11-12H2,1-4H3. The molecule has 0 spiro atoms. The molecule has 1 amide bonds. The molecular formula is C20H26BrN3O3. The quantitative estimate of drug-likeness (QED) is 0.711. The Hall–Kier alpha value is -1.89. The number of likely N-dealkylation sites (tertiary alicyclic amines) is 1. The second-order valence-electron chi connectivity index (χ2n) is 8.17. The molecule has 0 bridgehead atoms. The average molecular weight is 436 g/mol. The summed E-state index contributed by atoms with van der Waals surface area (Å²) in [5.41, 5.74) is 0.164. The van der Waals surface area contributed by atoms with E-state index in [4.69, 9.17) is 4.74 Å². The smallest absolute Gasteiger partial charge is 0.410 e. The highest BCUT2D eigenvalue weighted by molar-refractivity contribution is 9.10. The van der Waals surface area contributed by atoms with Crippen molar-refractivity contribution in [3.05, 3.63) is 38.9 Å². The zero-order valence-corrected chi connectivity index (χ0v) is 17.9. The van der Waals surface area contributed by atoms with Gasteiger partial charge in [0.15, 0.2) is 0 Å². The van der Waals surface area contributed by atoms with E-state index in [0.29, 0.717) is 36.4 Å². The monoisotopic (exact) mass is 435 g/mol. The van der Waals surface area contributed by atoms with Crippen LogP contribution in [0, 0.1) is 12.8 Å². The minimum Gasteiger partial charge on any atom is -0.444 e. The number of ether oxygens (including phenoxy) is 1. The van der Waals surface area contributed by atoms with Crippen LogP contribution in [0.25, 0.3) is 10.9 Å². The summed E-state index contributed by atoms with van der Waals surface area (Å²) in [6.45, 7) is 9.31. The first kappa shape index (κ1) is 19.9. The molecular weight excluding hydrogens is 410 g/mol. The highest BCUT2D eigenvalue weighted by Crippen LogP contribution is 2.22. The SMILES string of the molecule is Cc1nc2ccc(Br)cc2c(=O)n1CC1CCCN(C(=O)OC(C)(C)C)C1. The van der Waals surface area contributed by atoms with Crippen molar-refractivity contribution in [1.82, 2.24) is 14.5 Å². The van der Waals surface area contributed by atoms with Crippen molar-refractivity contribution in [2.75, 3.05) is 13.1 Å². The predicted octanol–water partition coefficient (Wildman–Crippen LogP) is 4.11. The predicted molar refractivity (Wildman–Crippen MR) is 109 cm³/mol. The Labute approximate surface area is 167 Å². The number of aryl methyl sites for hydroxylation is 1. The number of hydrogen-bond donors (Lipinski definition) is 0. The summed E-state index contributed by atoms with van der Waals surface area (Å²) in [6, 6.07) is 5.55. The third-order valence-corrected chi connectivity index (χ3v) is 5.21. The van der Waals surface area contributed by atoms with Crippen molar-refractivity contribution in [3.8, 4) is 0 Å².